The van der Waals surface area contributed by atoms with E-state index < -0.39 is 0 Å². The van der Waals surface area contributed by atoms with Gasteiger partial charge >= 0.3 is 0 Å². The molecule has 0 bridgehead atoms. The predicted molar refractivity (Wildman–Crippen MR) is 63.4 cm³/mol. The first-order valence-corrected chi connectivity index (χ1v) is 5.78. The Kier molecular flexibility index (Phi) is 8.33. The van der Waals surface area contributed by atoms with Crippen molar-refractivity contribution in [2.24, 2.45) is 11.5 Å². The summed E-state index contributed by atoms with van der Waals surface area (Å²) in [4.78, 5) is 10.6. The van der Waals surface area contributed by atoms with Gasteiger partial charge < -0.3 is 16.8 Å². The van der Waals surface area contributed by atoms with Gasteiger partial charge in [-0.2, -0.15) is 0 Å². The van der Waals surface area contributed by atoms with Crippen molar-refractivity contribution in [3.63, 3.8) is 0 Å². The standard InChI is InChI=1S/C11H25N3O/c1-9(12)6-7-11(13)5-3-4-8-14-10(2)15/h9,11H,3-8,12-13H2,1-2H3,(H,14,15). The van der Waals surface area contributed by atoms with Crippen molar-refractivity contribution in [2.75, 3.05) is 6.54 Å². The second-order valence-electron chi connectivity index (χ2n) is 4.29. The van der Waals surface area contributed by atoms with Crippen molar-refractivity contribution < 1.29 is 4.79 Å². The van der Waals surface area contributed by atoms with Gasteiger partial charge in [0.05, 0.1) is 0 Å². The van der Waals surface area contributed by atoms with Crippen LogP contribution in [-0.4, -0.2) is 24.5 Å². The summed E-state index contributed by atoms with van der Waals surface area (Å²) in [7, 11) is 0. The van der Waals surface area contributed by atoms with Crippen LogP contribution < -0.4 is 16.8 Å². The highest BCUT2D eigenvalue weighted by Gasteiger charge is 2.03. The van der Waals surface area contributed by atoms with Crippen molar-refractivity contribution in [3.05, 3.63) is 0 Å². The third kappa shape index (κ3) is 11.3. The van der Waals surface area contributed by atoms with Crippen LogP contribution in [0.4, 0.5) is 0 Å². The first kappa shape index (κ1) is 14.4. The summed E-state index contributed by atoms with van der Waals surface area (Å²) in [5.74, 6) is 0.0382. The Bertz CT molecular complexity index is 171. The highest BCUT2D eigenvalue weighted by atomic mass is 16.1. The third-order valence-corrected chi connectivity index (χ3v) is 2.37. The quantitative estimate of drug-likeness (QED) is 0.523. The molecule has 0 fully saturated rings. The molecule has 90 valence electrons. The Labute approximate surface area is 92.8 Å². The third-order valence-electron chi connectivity index (χ3n) is 2.37. The maximum atomic E-state index is 10.6. The molecule has 0 radical (unpaired) electrons. The lowest BCUT2D eigenvalue weighted by Gasteiger charge is -2.12. The van der Waals surface area contributed by atoms with Crippen LogP contribution in [0.5, 0.6) is 0 Å². The van der Waals surface area contributed by atoms with Crippen LogP contribution in [0.15, 0.2) is 0 Å². The van der Waals surface area contributed by atoms with Crippen LogP contribution in [0, 0.1) is 0 Å². The summed E-state index contributed by atoms with van der Waals surface area (Å²) >= 11 is 0. The van der Waals surface area contributed by atoms with E-state index in [2.05, 4.69) is 5.32 Å². The zero-order valence-electron chi connectivity index (χ0n) is 9.96. The number of unbranched alkanes of at least 4 members (excludes halogenated alkanes) is 1. The average Bonchev–Trinajstić information content (AvgIpc) is 2.13. The average molecular weight is 215 g/mol. The van der Waals surface area contributed by atoms with Crippen molar-refractivity contribution in [2.45, 2.75) is 58.0 Å². The molecule has 4 nitrogen and oxygen atoms in total. The van der Waals surface area contributed by atoms with E-state index in [4.69, 9.17) is 11.5 Å². The number of hydrogen-bond acceptors (Lipinski definition) is 3. The predicted octanol–water partition coefficient (Wildman–Crippen LogP) is 0.748. The minimum Gasteiger partial charge on any atom is -0.356 e. The Morgan fingerprint density at radius 1 is 1.20 bits per heavy atom. The first-order chi connectivity index (χ1) is 7.02. The normalized spacial score (nSPS) is 14.7. The molecule has 0 saturated heterocycles. The monoisotopic (exact) mass is 215 g/mol. The van der Waals surface area contributed by atoms with Gasteiger partial charge in [0, 0.05) is 25.6 Å². The van der Waals surface area contributed by atoms with Gasteiger partial charge in [-0.05, 0) is 32.6 Å². The second kappa shape index (κ2) is 8.68. The Morgan fingerprint density at radius 2 is 1.87 bits per heavy atom. The van der Waals surface area contributed by atoms with Crippen LogP contribution in [0.1, 0.15) is 46.0 Å². The lowest BCUT2D eigenvalue weighted by atomic mass is 10.0. The molecule has 0 aliphatic carbocycles. The molecule has 0 rings (SSSR count). The molecule has 4 heteroatoms. The highest BCUT2D eigenvalue weighted by Crippen LogP contribution is 2.05. The maximum Gasteiger partial charge on any atom is 0.216 e. The van der Waals surface area contributed by atoms with E-state index in [9.17, 15) is 4.79 Å². The molecule has 5 N–H and O–H groups in total. The highest BCUT2D eigenvalue weighted by molar-refractivity contribution is 5.72. The molecular weight excluding hydrogens is 190 g/mol. The fourth-order valence-electron chi connectivity index (χ4n) is 1.42. The molecule has 0 heterocycles. The molecular formula is C11H25N3O. The van der Waals surface area contributed by atoms with Crippen molar-refractivity contribution in [1.82, 2.24) is 5.32 Å². The van der Waals surface area contributed by atoms with E-state index in [-0.39, 0.29) is 18.0 Å². The van der Waals surface area contributed by atoms with E-state index in [1.807, 2.05) is 6.92 Å². The van der Waals surface area contributed by atoms with Crippen molar-refractivity contribution >= 4 is 5.91 Å². The molecule has 15 heavy (non-hydrogen) atoms. The number of nitrogens with two attached hydrogens (primary N) is 2. The first-order valence-electron chi connectivity index (χ1n) is 5.78. The van der Waals surface area contributed by atoms with E-state index >= 15 is 0 Å². The van der Waals surface area contributed by atoms with Crippen molar-refractivity contribution in [3.8, 4) is 0 Å². The number of nitrogens with one attached hydrogen (secondary N) is 1. The van der Waals surface area contributed by atoms with Crippen molar-refractivity contribution in [1.29, 1.82) is 0 Å². The van der Waals surface area contributed by atoms with Gasteiger partial charge in [0.15, 0.2) is 0 Å². The van der Waals surface area contributed by atoms with Gasteiger partial charge in [0.25, 0.3) is 0 Å². The lowest BCUT2D eigenvalue weighted by Crippen LogP contribution is -2.25. The maximum absolute atomic E-state index is 10.6. The zero-order valence-corrected chi connectivity index (χ0v) is 9.96. The van der Waals surface area contributed by atoms with Crippen LogP contribution in [0.2, 0.25) is 0 Å². The van der Waals surface area contributed by atoms with Gasteiger partial charge in [-0.1, -0.05) is 6.42 Å². The van der Waals surface area contributed by atoms with Crippen LogP contribution >= 0.6 is 0 Å². The Morgan fingerprint density at radius 3 is 2.40 bits per heavy atom. The Hall–Kier alpha value is -0.610. The summed E-state index contributed by atoms with van der Waals surface area (Å²) in [5.41, 5.74) is 11.6. The minimum absolute atomic E-state index is 0.0382. The van der Waals surface area contributed by atoms with E-state index in [1.54, 1.807) is 0 Å². The van der Waals surface area contributed by atoms with Crippen LogP contribution in [-0.2, 0) is 4.79 Å². The molecule has 0 aromatic heterocycles. The van der Waals surface area contributed by atoms with Gasteiger partial charge in [-0.25, -0.2) is 0 Å². The van der Waals surface area contributed by atoms with E-state index in [0.717, 1.165) is 38.6 Å². The number of carbonyl (C=O) groups is 1. The lowest BCUT2D eigenvalue weighted by molar-refractivity contribution is -0.118. The number of rotatable bonds is 8. The molecule has 0 spiro atoms. The van der Waals surface area contributed by atoms with Gasteiger partial charge in [0.2, 0.25) is 5.91 Å². The van der Waals surface area contributed by atoms with E-state index in [0.29, 0.717) is 0 Å². The summed E-state index contributed by atoms with van der Waals surface area (Å²) < 4.78 is 0. The molecule has 0 aromatic rings. The molecule has 0 saturated carbocycles. The fourth-order valence-corrected chi connectivity index (χ4v) is 1.42. The number of carbonyl (C=O) groups excluding carboxylic acids is 1. The number of amides is 1. The second-order valence-corrected chi connectivity index (χ2v) is 4.29. The van der Waals surface area contributed by atoms with Gasteiger partial charge in [-0.15, -0.1) is 0 Å². The SMILES string of the molecule is CC(=O)NCCCCC(N)CCC(C)N. The molecule has 0 aliphatic heterocycles. The Balaban J connectivity index is 3.23. The largest absolute Gasteiger partial charge is 0.356 e. The van der Waals surface area contributed by atoms with Gasteiger partial charge in [0.1, 0.15) is 0 Å². The minimum atomic E-state index is 0.0382. The van der Waals surface area contributed by atoms with Gasteiger partial charge in [-0.3, -0.25) is 4.79 Å². The molecule has 1 amide bonds. The topological polar surface area (TPSA) is 81.1 Å². The smallest absolute Gasteiger partial charge is 0.216 e. The fraction of sp³-hybridized carbons (Fsp3) is 0.909. The summed E-state index contributed by atoms with van der Waals surface area (Å²) in [6, 6.07) is 0.503. The molecule has 2 unspecified atom stereocenters. The molecule has 2 atom stereocenters. The summed E-state index contributed by atoms with van der Waals surface area (Å²) in [6.07, 6.45) is 5.09. The zero-order chi connectivity index (χ0) is 11.7. The van der Waals surface area contributed by atoms with Crippen LogP contribution in [0.25, 0.3) is 0 Å². The number of hydrogen-bond donors (Lipinski definition) is 3. The van der Waals surface area contributed by atoms with E-state index in [1.165, 1.54) is 6.92 Å². The molecule has 0 aromatic carbocycles. The molecule has 0 aliphatic rings. The summed E-state index contributed by atoms with van der Waals surface area (Å²) in [5, 5.41) is 2.77. The van der Waals surface area contributed by atoms with Crippen LogP contribution in [0.3, 0.4) is 0 Å². The summed E-state index contributed by atoms with van der Waals surface area (Å²) in [6.45, 7) is 4.30.